The lowest BCUT2D eigenvalue weighted by atomic mass is 10.2. The zero-order valence-corrected chi connectivity index (χ0v) is 13.4. The molecule has 0 saturated carbocycles. The Morgan fingerprint density at radius 1 is 0.909 bits per heavy atom. The highest BCUT2D eigenvalue weighted by molar-refractivity contribution is 5.15. The summed E-state index contributed by atoms with van der Waals surface area (Å²) in [5, 5.41) is 1.89. The minimum atomic E-state index is -0.0936. The Morgan fingerprint density at radius 3 is 1.91 bits per heavy atom. The first kappa shape index (κ1) is 16.6. The second-order valence-electron chi connectivity index (χ2n) is 5.46. The highest BCUT2D eigenvalue weighted by Crippen LogP contribution is 2.08. The van der Waals surface area contributed by atoms with Crippen LogP contribution in [0.1, 0.15) is 11.1 Å². The lowest BCUT2D eigenvalue weighted by molar-refractivity contribution is -0.149. The third-order valence-corrected chi connectivity index (χ3v) is 3.69. The number of hydrogen-bond acceptors (Lipinski definition) is 4. The predicted molar refractivity (Wildman–Crippen MR) is 89.7 cm³/mol. The van der Waals surface area contributed by atoms with Crippen LogP contribution in [0.3, 0.4) is 0 Å². The molecule has 0 spiro atoms. The van der Waals surface area contributed by atoms with E-state index in [1.807, 2.05) is 48.5 Å². The van der Waals surface area contributed by atoms with Crippen molar-refractivity contribution in [2.24, 2.45) is 5.73 Å². The van der Waals surface area contributed by atoms with Gasteiger partial charge in [-0.05, 0) is 18.2 Å². The number of nitrogens with zero attached hydrogens (tertiary/aromatic N) is 2. The molecule has 2 aromatic rings. The summed E-state index contributed by atoms with van der Waals surface area (Å²) in [6, 6.07) is 20.6. The molecule has 1 unspecified atom stereocenters. The van der Waals surface area contributed by atoms with Crippen LogP contribution in [0.25, 0.3) is 0 Å². The van der Waals surface area contributed by atoms with Gasteiger partial charge in [0.25, 0.3) is 0 Å². The average molecular weight is 299 g/mol. The smallest absolute Gasteiger partial charge is 0.0727 e. The van der Waals surface area contributed by atoms with E-state index in [0.717, 1.165) is 13.1 Å². The van der Waals surface area contributed by atoms with Crippen molar-refractivity contribution < 1.29 is 4.84 Å². The molecule has 2 rings (SSSR count). The van der Waals surface area contributed by atoms with E-state index in [1.54, 1.807) is 7.11 Å². The van der Waals surface area contributed by atoms with E-state index < -0.39 is 0 Å². The standard InChI is InChI=1S/C18H25N3O/c1-20(13-16-9-5-3-6-10-16)18(19)15-21(22-2)14-17-11-7-4-8-12-17/h3-12,18H,13-15,19H2,1-2H3. The fourth-order valence-electron chi connectivity index (χ4n) is 2.33. The maximum Gasteiger partial charge on any atom is 0.0727 e. The van der Waals surface area contributed by atoms with Gasteiger partial charge >= 0.3 is 0 Å². The van der Waals surface area contributed by atoms with Crippen molar-refractivity contribution in [3.63, 3.8) is 0 Å². The molecule has 2 aromatic carbocycles. The van der Waals surface area contributed by atoms with E-state index in [-0.39, 0.29) is 6.17 Å². The van der Waals surface area contributed by atoms with Crippen molar-refractivity contribution in [2.75, 3.05) is 20.7 Å². The molecular weight excluding hydrogens is 274 g/mol. The van der Waals surface area contributed by atoms with Gasteiger partial charge in [0.2, 0.25) is 0 Å². The lowest BCUT2D eigenvalue weighted by Gasteiger charge is -2.29. The molecule has 1 atom stereocenters. The summed E-state index contributed by atoms with van der Waals surface area (Å²) in [6.07, 6.45) is -0.0936. The molecule has 0 aliphatic carbocycles. The summed E-state index contributed by atoms with van der Waals surface area (Å²) in [7, 11) is 3.72. The van der Waals surface area contributed by atoms with Gasteiger partial charge in [-0.3, -0.25) is 4.90 Å². The maximum absolute atomic E-state index is 6.30. The molecule has 0 radical (unpaired) electrons. The van der Waals surface area contributed by atoms with Gasteiger partial charge in [0.1, 0.15) is 0 Å². The zero-order valence-electron chi connectivity index (χ0n) is 13.4. The third-order valence-electron chi connectivity index (χ3n) is 3.69. The molecule has 0 aromatic heterocycles. The largest absolute Gasteiger partial charge is 0.315 e. The number of nitrogens with two attached hydrogens (primary N) is 1. The van der Waals surface area contributed by atoms with Crippen LogP contribution in [-0.2, 0) is 17.9 Å². The van der Waals surface area contributed by atoms with Gasteiger partial charge in [-0.15, -0.1) is 0 Å². The van der Waals surface area contributed by atoms with Crippen LogP contribution in [0.15, 0.2) is 60.7 Å². The molecule has 0 bridgehead atoms. The fourth-order valence-corrected chi connectivity index (χ4v) is 2.33. The Morgan fingerprint density at radius 2 is 1.41 bits per heavy atom. The second kappa shape index (κ2) is 8.66. The Bertz CT molecular complexity index is 533. The highest BCUT2D eigenvalue weighted by Gasteiger charge is 2.15. The Balaban J connectivity index is 1.87. The first-order chi connectivity index (χ1) is 10.7. The molecule has 0 aliphatic rings. The van der Waals surface area contributed by atoms with Gasteiger partial charge in [-0.25, -0.2) is 0 Å². The molecule has 22 heavy (non-hydrogen) atoms. The highest BCUT2D eigenvalue weighted by atomic mass is 16.7. The van der Waals surface area contributed by atoms with Gasteiger partial charge in [0.05, 0.1) is 19.8 Å². The molecule has 118 valence electrons. The molecular formula is C18H25N3O. The van der Waals surface area contributed by atoms with E-state index in [2.05, 4.69) is 29.2 Å². The topological polar surface area (TPSA) is 41.7 Å². The monoisotopic (exact) mass is 299 g/mol. The van der Waals surface area contributed by atoms with Crippen LogP contribution in [0.2, 0.25) is 0 Å². The average Bonchev–Trinajstić information content (AvgIpc) is 2.56. The van der Waals surface area contributed by atoms with Crippen LogP contribution < -0.4 is 5.73 Å². The van der Waals surface area contributed by atoms with E-state index >= 15 is 0 Å². The first-order valence-electron chi connectivity index (χ1n) is 7.51. The normalized spacial score (nSPS) is 12.8. The number of likely N-dealkylation sites (N-methyl/N-ethyl adjacent to an activating group) is 1. The summed E-state index contributed by atoms with van der Waals surface area (Å²) < 4.78 is 0. The van der Waals surface area contributed by atoms with Crippen molar-refractivity contribution in [3.8, 4) is 0 Å². The Kier molecular flexibility index (Phi) is 6.55. The van der Waals surface area contributed by atoms with Crippen LogP contribution in [0, 0.1) is 0 Å². The number of rotatable bonds is 8. The minimum Gasteiger partial charge on any atom is -0.315 e. The van der Waals surface area contributed by atoms with Crippen molar-refractivity contribution >= 4 is 0 Å². The van der Waals surface area contributed by atoms with Crippen LogP contribution in [-0.4, -0.2) is 36.8 Å². The summed E-state index contributed by atoms with van der Waals surface area (Å²) in [5.74, 6) is 0. The van der Waals surface area contributed by atoms with Gasteiger partial charge in [-0.1, -0.05) is 60.7 Å². The molecule has 4 nitrogen and oxygen atoms in total. The van der Waals surface area contributed by atoms with Crippen molar-refractivity contribution in [2.45, 2.75) is 19.3 Å². The lowest BCUT2D eigenvalue weighted by Crippen LogP contribution is -2.47. The van der Waals surface area contributed by atoms with Gasteiger partial charge in [-0.2, -0.15) is 5.06 Å². The van der Waals surface area contributed by atoms with E-state index in [0.29, 0.717) is 6.54 Å². The second-order valence-corrected chi connectivity index (χ2v) is 5.46. The van der Waals surface area contributed by atoms with Crippen LogP contribution >= 0.6 is 0 Å². The third kappa shape index (κ3) is 5.24. The van der Waals surface area contributed by atoms with E-state index in [1.165, 1.54) is 11.1 Å². The van der Waals surface area contributed by atoms with Crippen molar-refractivity contribution in [1.29, 1.82) is 0 Å². The van der Waals surface area contributed by atoms with Crippen molar-refractivity contribution in [3.05, 3.63) is 71.8 Å². The van der Waals surface area contributed by atoms with Crippen LogP contribution in [0.5, 0.6) is 0 Å². The van der Waals surface area contributed by atoms with Gasteiger partial charge in [0.15, 0.2) is 0 Å². The molecule has 2 N–H and O–H groups in total. The maximum atomic E-state index is 6.30. The number of hydrogen-bond donors (Lipinski definition) is 1. The summed E-state index contributed by atoms with van der Waals surface area (Å²) >= 11 is 0. The Labute approximate surface area is 133 Å². The fraction of sp³-hybridized carbons (Fsp3) is 0.333. The van der Waals surface area contributed by atoms with E-state index in [4.69, 9.17) is 10.6 Å². The molecule has 4 heteroatoms. The summed E-state index contributed by atoms with van der Waals surface area (Å²) in [4.78, 5) is 7.58. The summed E-state index contributed by atoms with van der Waals surface area (Å²) in [5.41, 5.74) is 8.77. The van der Waals surface area contributed by atoms with Crippen LogP contribution in [0.4, 0.5) is 0 Å². The Hall–Kier alpha value is -1.72. The zero-order chi connectivity index (χ0) is 15.8. The number of benzene rings is 2. The summed E-state index contributed by atoms with van der Waals surface area (Å²) in [6.45, 7) is 2.20. The molecule has 0 fully saturated rings. The predicted octanol–water partition coefficient (Wildman–Crippen LogP) is 2.47. The molecule has 0 amide bonds. The molecule has 0 aliphatic heterocycles. The molecule has 0 saturated heterocycles. The minimum absolute atomic E-state index is 0.0936. The number of hydroxylamine groups is 2. The van der Waals surface area contributed by atoms with Gasteiger partial charge < -0.3 is 10.6 Å². The van der Waals surface area contributed by atoms with Crippen molar-refractivity contribution in [1.82, 2.24) is 9.96 Å². The molecule has 0 heterocycles. The quantitative estimate of drug-likeness (QED) is 0.600. The SMILES string of the molecule is CON(Cc1ccccc1)CC(N)N(C)Cc1ccccc1. The van der Waals surface area contributed by atoms with Gasteiger partial charge in [0, 0.05) is 13.1 Å². The first-order valence-corrected chi connectivity index (χ1v) is 7.51. The van der Waals surface area contributed by atoms with E-state index in [9.17, 15) is 0 Å².